The molecule has 1 aromatic carbocycles. The Kier molecular flexibility index (Phi) is 4.82. The lowest BCUT2D eigenvalue weighted by atomic mass is 10.0. The molecule has 1 aliphatic rings. The number of imidazole rings is 1. The van der Waals surface area contributed by atoms with Gasteiger partial charge in [0.05, 0.1) is 18.6 Å². The number of carbonyl (C=O) groups excluding carboxylic acids is 1. The van der Waals surface area contributed by atoms with Crippen molar-refractivity contribution in [2.75, 3.05) is 13.1 Å². The van der Waals surface area contributed by atoms with Crippen LogP contribution in [0.15, 0.2) is 36.8 Å². The van der Waals surface area contributed by atoms with Gasteiger partial charge in [0.1, 0.15) is 0 Å². The highest BCUT2D eigenvalue weighted by Crippen LogP contribution is 2.25. The van der Waals surface area contributed by atoms with Crippen molar-refractivity contribution in [3.63, 3.8) is 0 Å². The summed E-state index contributed by atoms with van der Waals surface area (Å²) in [5, 5.41) is 12.1. The van der Waals surface area contributed by atoms with Crippen LogP contribution in [0.4, 0.5) is 4.79 Å². The summed E-state index contributed by atoms with van der Waals surface area (Å²) in [5.74, 6) is 0.0645. The van der Waals surface area contributed by atoms with E-state index in [0.29, 0.717) is 19.6 Å². The van der Waals surface area contributed by atoms with Crippen LogP contribution in [-0.4, -0.2) is 44.7 Å². The van der Waals surface area contributed by atoms with Crippen molar-refractivity contribution < 1.29 is 9.90 Å². The van der Waals surface area contributed by atoms with Crippen molar-refractivity contribution in [3.05, 3.63) is 53.6 Å². The molecule has 0 spiro atoms. The van der Waals surface area contributed by atoms with Crippen LogP contribution in [0.25, 0.3) is 0 Å². The number of urea groups is 1. The molecule has 4 N–H and O–H groups in total. The highest BCUT2D eigenvalue weighted by atomic mass is 16.3. The molecule has 1 aromatic heterocycles. The second-order valence-electron chi connectivity index (χ2n) is 6.28. The molecule has 3 rings (SSSR count). The zero-order chi connectivity index (χ0) is 17.1. The third kappa shape index (κ3) is 3.58. The Morgan fingerprint density at radius 2 is 2.21 bits per heavy atom. The van der Waals surface area contributed by atoms with Gasteiger partial charge >= 0.3 is 6.03 Å². The molecule has 2 atom stereocenters. The van der Waals surface area contributed by atoms with Gasteiger partial charge in [-0.05, 0) is 11.1 Å². The zero-order valence-electron chi connectivity index (χ0n) is 13.7. The number of nitrogens with one attached hydrogen (secondary N) is 1. The molecule has 2 amide bonds. The number of hydrogen-bond donors (Lipinski definition) is 3. The second-order valence-corrected chi connectivity index (χ2v) is 6.28. The van der Waals surface area contributed by atoms with Crippen LogP contribution in [0.5, 0.6) is 0 Å². The molecule has 1 aliphatic heterocycles. The Morgan fingerprint density at radius 3 is 2.92 bits per heavy atom. The molecule has 7 heteroatoms. The second kappa shape index (κ2) is 7.02. The van der Waals surface area contributed by atoms with Crippen LogP contribution in [0.2, 0.25) is 0 Å². The molecule has 2 aromatic rings. The quantitative estimate of drug-likeness (QED) is 0.763. The summed E-state index contributed by atoms with van der Waals surface area (Å²) in [7, 11) is 1.92. The summed E-state index contributed by atoms with van der Waals surface area (Å²) in [6.45, 7) is 1.51. The summed E-state index contributed by atoms with van der Waals surface area (Å²) >= 11 is 0. The molecule has 1 fully saturated rings. The highest BCUT2D eigenvalue weighted by molar-refractivity contribution is 5.74. The lowest BCUT2D eigenvalue weighted by molar-refractivity contribution is 0.207. The van der Waals surface area contributed by atoms with Crippen molar-refractivity contribution >= 4 is 6.03 Å². The number of likely N-dealkylation sites (tertiary alicyclic amines) is 1. The van der Waals surface area contributed by atoms with E-state index in [1.165, 1.54) is 0 Å². The lowest BCUT2D eigenvalue weighted by Crippen LogP contribution is -2.39. The van der Waals surface area contributed by atoms with Crippen LogP contribution in [0, 0.1) is 0 Å². The minimum atomic E-state index is -0.127. The van der Waals surface area contributed by atoms with Crippen LogP contribution >= 0.6 is 0 Å². The van der Waals surface area contributed by atoms with Gasteiger partial charge in [-0.15, -0.1) is 0 Å². The third-order valence-electron chi connectivity index (χ3n) is 4.37. The number of aromatic nitrogens is 2. The summed E-state index contributed by atoms with van der Waals surface area (Å²) < 4.78 is 1.89. The van der Waals surface area contributed by atoms with Gasteiger partial charge in [0, 0.05) is 44.8 Å². The van der Waals surface area contributed by atoms with E-state index >= 15 is 0 Å². The predicted molar refractivity (Wildman–Crippen MR) is 90.1 cm³/mol. The molecule has 128 valence electrons. The highest BCUT2D eigenvalue weighted by Gasteiger charge is 2.35. The Morgan fingerprint density at radius 1 is 1.42 bits per heavy atom. The Balaban J connectivity index is 1.57. The van der Waals surface area contributed by atoms with Crippen molar-refractivity contribution in [3.8, 4) is 0 Å². The van der Waals surface area contributed by atoms with E-state index in [-0.39, 0.29) is 24.6 Å². The van der Waals surface area contributed by atoms with Gasteiger partial charge in [0.15, 0.2) is 0 Å². The maximum absolute atomic E-state index is 12.4. The number of hydrogen-bond acceptors (Lipinski definition) is 4. The van der Waals surface area contributed by atoms with Crippen molar-refractivity contribution in [1.29, 1.82) is 0 Å². The molecular weight excluding hydrogens is 306 g/mol. The van der Waals surface area contributed by atoms with E-state index < -0.39 is 0 Å². The van der Waals surface area contributed by atoms with Gasteiger partial charge in [-0.2, -0.15) is 0 Å². The van der Waals surface area contributed by atoms with Crippen molar-refractivity contribution in [1.82, 2.24) is 19.8 Å². The Bertz CT molecular complexity index is 715. The van der Waals surface area contributed by atoms with Gasteiger partial charge in [-0.3, -0.25) is 0 Å². The number of rotatable bonds is 4. The number of aliphatic hydroxyl groups is 1. The van der Waals surface area contributed by atoms with Crippen LogP contribution in [-0.2, 0) is 20.2 Å². The van der Waals surface area contributed by atoms with Gasteiger partial charge in [-0.25, -0.2) is 9.78 Å². The predicted octanol–water partition coefficient (Wildman–Crippen LogP) is 0.549. The normalized spacial score (nSPS) is 20.4. The Hall–Kier alpha value is -2.38. The average molecular weight is 329 g/mol. The summed E-state index contributed by atoms with van der Waals surface area (Å²) in [5.41, 5.74) is 8.91. The average Bonchev–Trinajstić information content (AvgIpc) is 3.18. The fourth-order valence-electron chi connectivity index (χ4n) is 3.06. The molecule has 0 radical (unpaired) electrons. The fraction of sp³-hybridized carbons (Fsp3) is 0.412. The monoisotopic (exact) mass is 329 g/mol. The molecule has 2 heterocycles. The summed E-state index contributed by atoms with van der Waals surface area (Å²) in [6.07, 6.45) is 3.70. The van der Waals surface area contributed by atoms with Gasteiger partial charge in [0.2, 0.25) is 0 Å². The first-order valence-corrected chi connectivity index (χ1v) is 8.01. The number of aryl methyl sites for hydroxylation is 1. The fourth-order valence-corrected chi connectivity index (χ4v) is 3.06. The third-order valence-corrected chi connectivity index (χ3v) is 4.37. The Labute approximate surface area is 141 Å². The van der Waals surface area contributed by atoms with E-state index in [0.717, 1.165) is 16.8 Å². The molecule has 0 bridgehead atoms. The molecular formula is C17H23N5O2. The smallest absolute Gasteiger partial charge is 0.317 e. The number of aliphatic hydroxyl groups excluding tert-OH is 1. The number of amides is 2. The van der Waals surface area contributed by atoms with E-state index in [4.69, 9.17) is 10.8 Å². The molecule has 0 aliphatic carbocycles. The van der Waals surface area contributed by atoms with Gasteiger partial charge in [0.25, 0.3) is 0 Å². The lowest BCUT2D eigenvalue weighted by Gasteiger charge is -2.17. The summed E-state index contributed by atoms with van der Waals surface area (Å²) in [4.78, 5) is 18.5. The van der Waals surface area contributed by atoms with Crippen molar-refractivity contribution in [2.45, 2.75) is 25.1 Å². The number of carbonyl (C=O) groups is 1. The standard InChI is InChI=1S/C17H23N5O2/c1-21-9-16(20-11-21)14-7-22(8-15(14)18)17(24)19-6-12-3-2-4-13(5-12)10-23/h2-5,9,11,14-15,23H,6-8,10,18H2,1H3,(H,19,24)/t14-,15-/m1/s1. The first kappa shape index (κ1) is 16.5. The molecule has 0 saturated carbocycles. The minimum Gasteiger partial charge on any atom is -0.392 e. The molecule has 24 heavy (non-hydrogen) atoms. The maximum atomic E-state index is 12.4. The largest absolute Gasteiger partial charge is 0.392 e. The van der Waals surface area contributed by atoms with Crippen LogP contribution in [0.3, 0.4) is 0 Å². The van der Waals surface area contributed by atoms with Gasteiger partial charge < -0.3 is 25.6 Å². The number of nitrogens with zero attached hydrogens (tertiary/aromatic N) is 3. The maximum Gasteiger partial charge on any atom is 0.317 e. The molecule has 7 nitrogen and oxygen atoms in total. The van der Waals surface area contributed by atoms with Crippen LogP contribution < -0.4 is 11.1 Å². The first-order chi connectivity index (χ1) is 11.6. The first-order valence-electron chi connectivity index (χ1n) is 8.01. The molecule has 0 unspecified atom stereocenters. The van der Waals surface area contributed by atoms with Crippen molar-refractivity contribution in [2.24, 2.45) is 12.8 Å². The van der Waals surface area contributed by atoms with Gasteiger partial charge in [-0.1, -0.05) is 24.3 Å². The zero-order valence-corrected chi connectivity index (χ0v) is 13.7. The number of nitrogens with two attached hydrogens (primary N) is 1. The van der Waals surface area contributed by atoms with E-state index in [2.05, 4.69) is 10.3 Å². The molecule has 1 saturated heterocycles. The SMILES string of the molecule is Cn1cnc([C@@H]2CN(C(=O)NCc3cccc(CO)c3)C[C@H]2N)c1. The topological polar surface area (TPSA) is 96.4 Å². The van der Waals surface area contributed by atoms with E-state index in [1.54, 1.807) is 11.2 Å². The summed E-state index contributed by atoms with van der Waals surface area (Å²) in [6, 6.07) is 7.29. The van der Waals surface area contributed by atoms with E-state index in [1.807, 2.05) is 42.1 Å². The number of benzene rings is 1. The minimum absolute atomic E-state index is 0.00544. The van der Waals surface area contributed by atoms with Crippen LogP contribution in [0.1, 0.15) is 22.7 Å². The van der Waals surface area contributed by atoms with E-state index in [9.17, 15) is 4.79 Å².